The van der Waals surface area contributed by atoms with Gasteiger partial charge in [-0.15, -0.1) is 0 Å². The van der Waals surface area contributed by atoms with Crippen molar-refractivity contribution < 1.29 is 4.79 Å². The van der Waals surface area contributed by atoms with Crippen LogP contribution in [0.5, 0.6) is 0 Å². The van der Waals surface area contributed by atoms with E-state index in [1.54, 1.807) is 0 Å². The molecule has 1 amide bonds. The number of benzene rings is 2. The number of amides is 1. The van der Waals surface area contributed by atoms with Gasteiger partial charge < -0.3 is 5.32 Å². The SMILES string of the molecule is Cc1cc(C)cc(-n2nc3c(c2NC(=O)c2cccc(Br)c2)CSC3)c1. The van der Waals surface area contributed by atoms with Crippen LogP contribution < -0.4 is 5.32 Å². The Balaban J connectivity index is 1.77. The molecule has 1 aliphatic heterocycles. The van der Waals surface area contributed by atoms with E-state index in [1.807, 2.05) is 40.7 Å². The van der Waals surface area contributed by atoms with E-state index in [9.17, 15) is 4.79 Å². The maximum absolute atomic E-state index is 12.8. The zero-order valence-electron chi connectivity index (χ0n) is 14.5. The van der Waals surface area contributed by atoms with Crippen molar-refractivity contribution in [3.05, 3.63) is 74.9 Å². The van der Waals surface area contributed by atoms with E-state index in [2.05, 4.69) is 53.3 Å². The molecule has 1 N–H and O–H groups in total. The van der Waals surface area contributed by atoms with Crippen LogP contribution >= 0.6 is 27.7 Å². The average Bonchev–Trinajstić information content (AvgIpc) is 3.16. The van der Waals surface area contributed by atoms with Gasteiger partial charge in [-0.3, -0.25) is 4.79 Å². The number of halogens is 1. The number of nitrogens with zero attached hydrogens (tertiary/aromatic N) is 2. The van der Waals surface area contributed by atoms with Crippen LogP contribution in [0.1, 0.15) is 32.7 Å². The molecule has 4 nitrogen and oxygen atoms in total. The quantitative estimate of drug-likeness (QED) is 0.620. The monoisotopic (exact) mass is 427 g/mol. The molecule has 26 heavy (non-hydrogen) atoms. The minimum absolute atomic E-state index is 0.128. The highest BCUT2D eigenvalue weighted by molar-refractivity contribution is 9.10. The number of rotatable bonds is 3. The molecule has 6 heteroatoms. The molecule has 0 saturated heterocycles. The fourth-order valence-electron chi connectivity index (χ4n) is 3.21. The normalized spacial score (nSPS) is 12.9. The summed E-state index contributed by atoms with van der Waals surface area (Å²) in [6.07, 6.45) is 0. The lowest BCUT2D eigenvalue weighted by Crippen LogP contribution is -2.16. The summed E-state index contributed by atoms with van der Waals surface area (Å²) in [7, 11) is 0. The van der Waals surface area contributed by atoms with Gasteiger partial charge in [0.05, 0.1) is 11.4 Å². The van der Waals surface area contributed by atoms with Gasteiger partial charge in [-0.2, -0.15) is 16.9 Å². The van der Waals surface area contributed by atoms with Gasteiger partial charge in [-0.25, -0.2) is 4.68 Å². The van der Waals surface area contributed by atoms with Crippen molar-refractivity contribution in [3.8, 4) is 5.69 Å². The Kier molecular flexibility index (Phi) is 4.63. The number of hydrogen-bond acceptors (Lipinski definition) is 3. The number of aromatic nitrogens is 2. The first-order valence-corrected chi connectivity index (χ1v) is 10.3. The van der Waals surface area contributed by atoms with E-state index in [1.165, 1.54) is 11.1 Å². The standard InChI is InChI=1S/C20H18BrN3OS/c1-12-6-13(2)8-16(7-12)24-19(17-10-26-11-18(17)23-24)22-20(25)14-4-3-5-15(21)9-14/h3-9H,10-11H2,1-2H3,(H,22,25). The van der Waals surface area contributed by atoms with Gasteiger partial charge in [0.25, 0.3) is 5.91 Å². The Bertz CT molecular complexity index is 992. The van der Waals surface area contributed by atoms with E-state index in [4.69, 9.17) is 5.10 Å². The van der Waals surface area contributed by atoms with Crippen molar-refractivity contribution in [3.63, 3.8) is 0 Å². The van der Waals surface area contributed by atoms with Gasteiger partial charge >= 0.3 is 0 Å². The van der Waals surface area contributed by atoms with Crippen LogP contribution in [0.25, 0.3) is 5.69 Å². The molecule has 132 valence electrons. The maximum atomic E-state index is 12.8. The van der Waals surface area contributed by atoms with Crippen LogP contribution in [0.4, 0.5) is 5.82 Å². The molecule has 1 aromatic heterocycles. The lowest BCUT2D eigenvalue weighted by Gasteiger charge is -2.12. The summed E-state index contributed by atoms with van der Waals surface area (Å²) >= 11 is 5.25. The summed E-state index contributed by atoms with van der Waals surface area (Å²) in [5.41, 5.74) is 6.12. The van der Waals surface area contributed by atoms with Crippen molar-refractivity contribution in [2.24, 2.45) is 0 Å². The second kappa shape index (κ2) is 6.93. The predicted molar refractivity (Wildman–Crippen MR) is 110 cm³/mol. The summed E-state index contributed by atoms with van der Waals surface area (Å²) in [6.45, 7) is 4.15. The van der Waals surface area contributed by atoms with Crippen LogP contribution in [-0.2, 0) is 11.5 Å². The van der Waals surface area contributed by atoms with Crippen LogP contribution in [-0.4, -0.2) is 15.7 Å². The summed E-state index contributed by atoms with van der Waals surface area (Å²) in [6, 6.07) is 13.7. The number of fused-ring (bicyclic) bond motifs is 1. The summed E-state index contributed by atoms with van der Waals surface area (Å²) < 4.78 is 2.76. The molecular formula is C20H18BrN3OS. The smallest absolute Gasteiger partial charge is 0.256 e. The molecule has 0 atom stereocenters. The van der Waals surface area contributed by atoms with Crippen molar-refractivity contribution in [2.45, 2.75) is 25.4 Å². The molecule has 1 aliphatic rings. The molecule has 3 aromatic rings. The Morgan fingerprint density at radius 3 is 2.65 bits per heavy atom. The highest BCUT2D eigenvalue weighted by Crippen LogP contribution is 2.36. The molecule has 0 spiro atoms. The number of hydrogen-bond donors (Lipinski definition) is 1. The average molecular weight is 428 g/mol. The number of anilines is 1. The first-order valence-electron chi connectivity index (χ1n) is 8.35. The number of aryl methyl sites for hydroxylation is 2. The molecular weight excluding hydrogens is 410 g/mol. The molecule has 0 aliphatic carbocycles. The fraction of sp³-hybridized carbons (Fsp3) is 0.200. The summed E-state index contributed by atoms with van der Waals surface area (Å²) in [5, 5.41) is 7.88. The van der Waals surface area contributed by atoms with E-state index >= 15 is 0 Å². The third-order valence-corrected chi connectivity index (χ3v) is 5.79. The Hall–Kier alpha value is -2.05. The maximum Gasteiger partial charge on any atom is 0.256 e. The van der Waals surface area contributed by atoms with E-state index < -0.39 is 0 Å². The molecule has 2 heterocycles. The summed E-state index contributed by atoms with van der Waals surface area (Å²) in [5.74, 6) is 2.40. The van der Waals surface area contributed by atoms with Crippen molar-refractivity contribution in [2.75, 3.05) is 5.32 Å². The number of thioether (sulfide) groups is 1. The molecule has 4 rings (SSSR count). The van der Waals surface area contributed by atoms with Crippen LogP contribution in [0.2, 0.25) is 0 Å². The lowest BCUT2D eigenvalue weighted by molar-refractivity contribution is 0.102. The summed E-state index contributed by atoms with van der Waals surface area (Å²) in [4.78, 5) is 12.8. The highest BCUT2D eigenvalue weighted by Gasteiger charge is 2.25. The first-order chi connectivity index (χ1) is 12.5. The first kappa shape index (κ1) is 17.4. The van der Waals surface area contributed by atoms with E-state index in [0.29, 0.717) is 5.56 Å². The largest absolute Gasteiger partial charge is 0.306 e. The Labute approximate surface area is 165 Å². The van der Waals surface area contributed by atoms with Crippen LogP contribution in [0, 0.1) is 13.8 Å². The molecule has 2 aromatic carbocycles. The van der Waals surface area contributed by atoms with Gasteiger partial charge in [-0.05, 0) is 55.3 Å². The van der Waals surface area contributed by atoms with Crippen molar-refractivity contribution in [1.82, 2.24) is 9.78 Å². The zero-order valence-corrected chi connectivity index (χ0v) is 16.9. The molecule has 0 fully saturated rings. The van der Waals surface area contributed by atoms with Crippen molar-refractivity contribution in [1.29, 1.82) is 0 Å². The second-order valence-corrected chi connectivity index (χ2v) is 8.39. The minimum atomic E-state index is -0.128. The van der Waals surface area contributed by atoms with Gasteiger partial charge in [-0.1, -0.05) is 28.1 Å². The van der Waals surface area contributed by atoms with Gasteiger partial charge in [0.1, 0.15) is 5.82 Å². The predicted octanol–water partition coefficient (Wildman–Crippen LogP) is 5.25. The lowest BCUT2D eigenvalue weighted by atomic mass is 10.1. The third-order valence-electron chi connectivity index (χ3n) is 4.32. The number of carbonyl (C=O) groups is 1. The van der Waals surface area contributed by atoms with E-state index in [-0.39, 0.29) is 5.91 Å². The third kappa shape index (κ3) is 3.31. The Morgan fingerprint density at radius 1 is 1.15 bits per heavy atom. The molecule has 0 radical (unpaired) electrons. The Morgan fingerprint density at radius 2 is 1.92 bits per heavy atom. The zero-order chi connectivity index (χ0) is 18.3. The second-order valence-electron chi connectivity index (χ2n) is 6.49. The van der Waals surface area contributed by atoms with Gasteiger partial charge in [0.15, 0.2) is 0 Å². The molecule has 0 bridgehead atoms. The molecule has 0 saturated carbocycles. The number of carbonyl (C=O) groups excluding carboxylic acids is 1. The van der Waals surface area contributed by atoms with Crippen LogP contribution in [0.3, 0.4) is 0 Å². The fourth-order valence-corrected chi connectivity index (χ4v) is 4.64. The van der Waals surface area contributed by atoms with Crippen molar-refractivity contribution >= 4 is 39.4 Å². The van der Waals surface area contributed by atoms with Gasteiger partial charge in [0, 0.05) is 27.1 Å². The minimum Gasteiger partial charge on any atom is -0.306 e. The number of nitrogens with one attached hydrogen (secondary N) is 1. The van der Waals surface area contributed by atoms with E-state index in [0.717, 1.165) is 38.7 Å². The van der Waals surface area contributed by atoms with Crippen LogP contribution in [0.15, 0.2) is 46.9 Å². The van der Waals surface area contributed by atoms with Gasteiger partial charge in [0.2, 0.25) is 0 Å². The topological polar surface area (TPSA) is 46.9 Å². The molecule has 0 unspecified atom stereocenters. The highest BCUT2D eigenvalue weighted by atomic mass is 79.9.